The first-order valence-electron chi connectivity index (χ1n) is 7.64. The van der Waals surface area contributed by atoms with Gasteiger partial charge in [-0.05, 0) is 57.1 Å². The standard InChI is InChI=1S/C20H28N2/c1-8-21-17(5)13-14-18(6)22(9-2)19(7)20-15(3)11-10-12-16(20)4/h8-12,18,21H,1-2,5,7,13-14H2,3-4,6H3. The summed E-state index contributed by atoms with van der Waals surface area (Å²) >= 11 is 0. The van der Waals surface area contributed by atoms with E-state index in [0.717, 1.165) is 24.2 Å². The van der Waals surface area contributed by atoms with Gasteiger partial charge in [-0.2, -0.15) is 0 Å². The molecule has 2 heteroatoms. The second kappa shape index (κ2) is 8.28. The summed E-state index contributed by atoms with van der Waals surface area (Å²) in [6.45, 7) is 22.3. The molecule has 0 aliphatic carbocycles. The van der Waals surface area contributed by atoms with Crippen LogP contribution in [-0.2, 0) is 0 Å². The minimum absolute atomic E-state index is 0.298. The van der Waals surface area contributed by atoms with Crippen molar-refractivity contribution in [3.8, 4) is 0 Å². The summed E-state index contributed by atoms with van der Waals surface area (Å²) in [4.78, 5) is 2.15. The number of nitrogens with one attached hydrogen (secondary N) is 1. The lowest BCUT2D eigenvalue weighted by Crippen LogP contribution is -2.27. The molecular weight excluding hydrogens is 268 g/mol. The average molecular weight is 296 g/mol. The molecule has 0 saturated heterocycles. The van der Waals surface area contributed by atoms with Gasteiger partial charge in [0.25, 0.3) is 0 Å². The third-order valence-electron chi connectivity index (χ3n) is 3.92. The van der Waals surface area contributed by atoms with Crippen molar-refractivity contribution >= 4 is 5.70 Å². The van der Waals surface area contributed by atoms with Crippen LogP contribution in [0.15, 0.2) is 62.6 Å². The van der Waals surface area contributed by atoms with Crippen LogP contribution in [0.1, 0.15) is 36.5 Å². The second-order valence-electron chi connectivity index (χ2n) is 5.64. The number of hydrogen-bond acceptors (Lipinski definition) is 2. The maximum Gasteiger partial charge on any atom is 0.0414 e. The summed E-state index contributed by atoms with van der Waals surface area (Å²) < 4.78 is 0. The fourth-order valence-electron chi connectivity index (χ4n) is 2.69. The van der Waals surface area contributed by atoms with E-state index in [9.17, 15) is 0 Å². The first kappa shape index (κ1) is 17.8. The van der Waals surface area contributed by atoms with Gasteiger partial charge < -0.3 is 10.2 Å². The molecule has 118 valence electrons. The van der Waals surface area contributed by atoms with E-state index in [0.29, 0.717) is 6.04 Å². The van der Waals surface area contributed by atoms with Gasteiger partial charge in [-0.15, -0.1) is 0 Å². The topological polar surface area (TPSA) is 15.3 Å². The molecule has 1 aromatic rings. The Bertz CT molecular complexity index is 549. The summed E-state index contributed by atoms with van der Waals surface area (Å²) in [7, 11) is 0. The molecule has 1 rings (SSSR count). The smallest absolute Gasteiger partial charge is 0.0414 e. The Kier molecular flexibility index (Phi) is 6.71. The molecule has 1 unspecified atom stereocenters. The second-order valence-corrected chi connectivity index (χ2v) is 5.64. The number of aryl methyl sites for hydroxylation is 2. The van der Waals surface area contributed by atoms with Gasteiger partial charge in [-0.25, -0.2) is 0 Å². The molecule has 1 atom stereocenters. The SMILES string of the molecule is C=CNC(=C)CCC(C)N(C=C)C(=C)c1c(C)cccc1C. The third kappa shape index (κ3) is 4.39. The van der Waals surface area contributed by atoms with Crippen molar-refractivity contribution in [2.45, 2.75) is 39.7 Å². The average Bonchev–Trinajstić information content (AvgIpc) is 2.46. The highest BCUT2D eigenvalue weighted by Crippen LogP contribution is 2.27. The van der Waals surface area contributed by atoms with Crippen molar-refractivity contribution in [2.24, 2.45) is 0 Å². The number of nitrogens with zero attached hydrogens (tertiary/aromatic N) is 1. The molecule has 0 aliphatic rings. The first-order valence-corrected chi connectivity index (χ1v) is 7.64. The lowest BCUT2D eigenvalue weighted by atomic mass is 9.98. The lowest BCUT2D eigenvalue weighted by molar-refractivity contribution is 0.386. The minimum atomic E-state index is 0.298. The molecular formula is C20H28N2. The molecule has 0 amide bonds. The maximum atomic E-state index is 4.30. The van der Waals surface area contributed by atoms with Gasteiger partial charge in [-0.1, -0.05) is 44.5 Å². The highest BCUT2D eigenvalue weighted by atomic mass is 15.1. The van der Waals surface area contributed by atoms with Crippen LogP contribution < -0.4 is 5.32 Å². The van der Waals surface area contributed by atoms with Gasteiger partial charge in [0.05, 0.1) is 0 Å². The van der Waals surface area contributed by atoms with Gasteiger partial charge in [0.1, 0.15) is 0 Å². The van der Waals surface area contributed by atoms with Crippen LogP contribution in [-0.4, -0.2) is 10.9 Å². The van der Waals surface area contributed by atoms with Crippen LogP contribution in [0.3, 0.4) is 0 Å². The van der Waals surface area contributed by atoms with Crippen molar-refractivity contribution < 1.29 is 0 Å². The maximum absolute atomic E-state index is 4.30. The Labute approximate surface area is 135 Å². The molecule has 0 saturated carbocycles. The monoisotopic (exact) mass is 296 g/mol. The molecule has 1 N–H and O–H groups in total. The summed E-state index contributed by atoms with van der Waals surface area (Å²) in [5, 5.41) is 3.04. The Hall–Kier alpha value is -2.22. The molecule has 0 fully saturated rings. The molecule has 0 aliphatic heterocycles. The highest BCUT2D eigenvalue weighted by Gasteiger charge is 2.17. The summed E-state index contributed by atoms with van der Waals surface area (Å²) in [6, 6.07) is 6.62. The number of allylic oxidation sites excluding steroid dienone is 1. The van der Waals surface area contributed by atoms with Gasteiger partial charge in [0.2, 0.25) is 0 Å². The van der Waals surface area contributed by atoms with Crippen molar-refractivity contribution in [3.05, 3.63) is 79.3 Å². The third-order valence-corrected chi connectivity index (χ3v) is 3.92. The predicted octanol–water partition coefficient (Wildman–Crippen LogP) is 5.14. The van der Waals surface area contributed by atoms with E-state index in [2.05, 4.69) is 75.5 Å². The van der Waals surface area contributed by atoms with E-state index < -0.39 is 0 Å². The predicted molar refractivity (Wildman–Crippen MR) is 98.2 cm³/mol. The van der Waals surface area contributed by atoms with Gasteiger partial charge in [0.15, 0.2) is 0 Å². The van der Waals surface area contributed by atoms with Crippen LogP contribution in [0.5, 0.6) is 0 Å². The molecule has 0 heterocycles. The Morgan fingerprint density at radius 1 is 1.23 bits per heavy atom. The van der Waals surface area contributed by atoms with Crippen LogP contribution in [0.2, 0.25) is 0 Å². The Morgan fingerprint density at radius 3 is 2.32 bits per heavy atom. The Morgan fingerprint density at radius 2 is 1.82 bits per heavy atom. The number of rotatable bonds is 9. The Balaban J connectivity index is 2.86. The van der Waals surface area contributed by atoms with Crippen LogP contribution in [0, 0.1) is 13.8 Å². The number of hydrogen-bond donors (Lipinski definition) is 1. The first-order chi connectivity index (χ1) is 10.4. The van der Waals surface area contributed by atoms with E-state index >= 15 is 0 Å². The zero-order valence-electron chi connectivity index (χ0n) is 14.2. The molecule has 0 aromatic heterocycles. The van der Waals surface area contributed by atoms with Crippen molar-refractivity contribution in [3.63, 3.8) is 0 Å². The van der Waals surface area contributed by atoms with Gasteiger partial charge in [-0.3, -0.25) is 0 Å². The highest BCUT2D eigenvalue weighted by molar-refractivity contribution is 5.68. The van der Waals surface area contributed by atoms with E-state index in [-0.39, 0.29) is 0 Å². The zero-order valence-corrected chi connectivity index (χ0v) is 14.2. The molecule has 0 bridgehead atoms. The van der Waals surface area contributed by atoms with Crippen LogP contribution >= 0.6 is 0 Å². The van der Waals surface area contributed by atoms with Crippen LogP contribution in [0.25, 0.3) is 5.70 Å². The van der Waals surface area contributed by atoms with Crippen molar-refractivity contribution in [2.75, 3.05) is 0 Å². The fourth-order valence-corrected chi connectivity index (χ4v) is 2.69. The van der Waals surface area contributed by atoms with E-state index in [1.54, 1.807) is 6.20 Å². The van der Waals surface area contributed by atoms with Crippen molar-refractivity contribution in [1.29, 1.82) is 0 Å². The molecule has 1 aromatic carbocycles. The van der Waals surface area contributed by atoms with Crippen LogP contribution in [0.4, 0.5) is 0 Å². The summed E-state index contributed by atoms with van der Waals surface area (Å²) in [6.07, 6.45) is 5.38. The zero-order chi connectivity index (χ0) is 16.7. The largest absolute Gasteiger partial charge is 0.366 e. The number of benzene rings is 1. The normalized spacial score (nSPS) is 11.4. The molecule has 0 spiro atoms. The lowest BCUT2D eigenvalue weighted by Gasteiger charge is -2.31. The minimum Gasteiger partial charge on any atom is -0.366 e. The molecule has 2 nitrogen and oxygen atoms in total. The molecule has 0 radical (unpaired) electrons. The summed E-state index contributed by atoms with van der Waals surface area (Å²) in [5.74, 6) is 0. The molecule has 22 heavy (non-hydrogen) atoms. The van der Waals surface area contributed by atoms with Crippen molar-refractivity contribution in [1.82, 2.24) is 10.2 Å². The summed E-state index contributed by atoms with van der Waals surface area (Å²) in [5.41, 5.74) is 5.66. The van der Waals surface area contributed by atoms with Gasteiger partial charge >= 0.3 is 0 Å². The van der Waals surface area contributed by atoms with E-state index in [1.165, 1.54) is 16.7 Å². The fraction of sp³-hybridized carbons (Fsp3) is 0.300. The van der Waals surface area contributed by atoms with Gasteiger partial charge in [0, 0.05) is 23.0 Å². The quantitative estimate of drug-likeness (QED) is 0.679. The van der Waals surface area contributed by atoms with E-state index in [4.69, 9.17) is 0 Å². The van der Waals surface area contributed by atoms with E-state index in [1.807, 2.05) is 6.20 Å².